The first-order valence-electron chi connectivity index (χ1n) is 8.54. The standard InChI is InChI=1S/C20H24O5/c1-11-8-17(21)25-18-12(2)16-10-24-19(22)13(15(16)9-14(11)18)6-5-7-20(3,4)23/h5-8,14-16,18,23H,2,9-10H2,1,3-4H3. The van der Waals surface area contributed by atoms with E-state index >= 15 is 0 Å². The quantitative estimate of drug-likeness (QED) is 0.473. The molecule has 0 aromatic carbocycles. The molecule has 2 heterocycles. The summed E-state index contributed by atoms with van der Waals surface area (Å²) in [4.78, 5) is 24.0. The van der Waals surface area contributed by atoms with Crippen LogP contribution >= 0.6 is 0 Å². The summed E-state index contributed by atoms with van der Waals surface area (Å²) in [5, 5.41) is 9.80. The number of esters is 2. The molecule has 0 aromatic rings. The maximum absolute atomic E-state index is 12.3. The zero-order valence-corrected chi connectivity index (χ0v) is 14.8. The van der Waals surface area contributed by atoms with Crippen LogP contribution in [0.5, 0.6) is 0 Å². The molecule has 0 aromatic heterocycles. The Morgan fingerprint density at radius 2 is 2.00 bits per heavy atom. The van der Waals surface area contributed by atoms with Crippen molar-refractivity contribution in [3.8, 4) is 0 Å². The zero-order valence-electron chi connectivity index (χ0n) is 14.8. The minimum Gasteiger partial charge on any atom is -0.462 e. The van der Waals surface area contributed by atoms with Gasteiger partial charge in [0.15, 0.2) is 0 Å². The first kappa shape index (κ1) is 17.7. The molecule has 1 N–H and O–H groups in total. The molecular weight excluding hydrogens is 320 g/mol. The second-order valence-corrected chi connectivity index (χ2v) is 7.61. The molecule has 1 aliphatic carbocycles. The van der Waals surface area contributed by atoms with E-state index in [2.05, 4.69) is 6.58 Å². The van der Waals surface area contributed by atoms with Crippen LogP contribution in [0.1, 0.15) is 27.2 Å². The molecule has 134 valence electrons. The number of hydrogen-bond donors (Lipinski definition) is 1. The minimum atomic E-state index is -0.951. The highest BCUT2D eigenvalue weighted by atomic mass is 16.5. The number of ether oxygens (including phenoxy) is 2. The van der Waals surface area contributed by atoms with Crippen LogP contribution in [0, 0.1) is 17.8 Å². The van der Waals surface area contributed by atoms with E-state index in [1.807, 2.05) is 6.92 Å². The lowest BCUT2D eigenvalue weighted by atomic mass is 9.64. The van der Waals surface area contributed by atoms with Crippen LogP contribution in [0.15, 0.2) is 47.6 Å². The molecule has 4 atom stereocenters. The maximum atomic E-state index is 12.3. The average molecular weight is 344 g/mol. The number of aliphatic hydroxyl groups is 1. The second kappa shape index (κ2) is 6.30. The average Bonchev–Trinajstić information content (AvgIpc) is 2.50. The van der Waals surface area contributed by atoms with Crippen molar-refractivity contribution in [3.63, 3.8) is 0 Å². The fourth-order valence-electron chi connectivity index (χ4n) is 3.87. The molecule has 5 nitrogen and oxygen atoms in total. The van der Waals surface area contributed by atoms with E-state index in [1.165, 1.54) is 6.08 Å². The van der Waals surface area contributed by atoms with E-state index in [9.17, 15) is 14.7 Å². The van der Waals surface area contributed by atoms with Crippen LogP contribution < -0.4 is 0 Å². The van der Waals surface area contributed by atoms with Crippen LogP contribution in [0.4, 0.5) is 0 Å². The van der Waals surface area contributed by atoms with Crippen molar-refractivity contribution in [3.05, 3.63) is 47.6 Å². The largest absolute Gasteiger partial charge is 0.462 e. The molecule has 0 amide bonds. The number of carbonyl (C=O) groups excluding carboxylic acids is 2. The molecule has 1 saturated heterocycles. The van der Waals surface area contributed by atoms with Gasteiger partial charge in [-0.25, -0.2) is 9.59 Å². The Morgan fingerprint density at radius 1 is 1.28 bits per heavy atom. The predicted molar refractivity (Wildman–Crippen MR) is 92.3 cm³/mol. The Bertz CT molecular complexity index is 704. The van der Waals surface area contributed by atoms with Gasteiger partial charge in [0, 0.05) is 29.4 Å². The van der Waals surface area contributed by atoms with Crippen molar-refractivity contribution in [1.82, 2.24) is 0 Å². The van der Waals surface area contributed by atoms with Gasteiger partial charge >= 0.3 is 11.9 Å². The Morgan fingerprint density at radius 3 is 2.68 bits per heavy atom. The fraction of sp³-hybridized carbons (Fsp3) is 0.500. The van der Waals surface area contributed by atoms with Gasteiger partial charge in [0.1, 0.15) is 6.10 Å². The zero-order chi connectivity index (χ0) is 18.4. The number of cyclic esters (lactones) is 1. The first-order valence-corrected chi connectivity index (χ1v) is 8.54. The van der Waals surface area contributed by atoms with Crippen molar-refractivity contribution in [2.75, 3.05) is 6.61 Å². The van der Waals surface area contributed by atoms with Gasteiger partial charge in [0.2, 0.25) is 0 Å². The van der Waals surface area contributed by atoms with Gasteiger partial charge in [-0.1, -0.05) is 30.4 Å². The number of carbonyl (C=O) groups is 2. The van der Waals surface area contributed by atoms with Crippen molar-refractivity contribution in [2.24, 2.45) is 17.8 Å². The van der Waals surface area contributed by atoms with Gasteiger partial charge in [0.25, 0.3) is 0 Å². The lowest BCUT2D eigenvalue weighted by Crippen LogP contribution is -2.47. The predicted octanol–water partition coefficient (Wildman–Crippen LogP) is 2.48. The fourth-order valence-corrected chi connectivity index (χ4v) is 3.87. The number of rotatable bonds is 2. The molecule has 25 heavy (non-hydrogen) atoms. The molecule has 0 spiro atoms. The van der Waals surface area contributed by atoms with Gasteiger partial charge in [-0.3, -0.25) is 0 Å². The normalized spacial score (nSPS) is 34.3. The van der Waals surface area contributed by atoms with Gasteiger partial charge in [-0.2, -0.15) is 0 Å². The number of allylic oxidation sites excluding steroid dienone is 2. The van der Waals surface area contributed by atoms with Gasteiger partial charge in [0.05, 0.1) is 12.2 Å². The topological polar surface area (TPSA) is 72.8 Å². The van der Waals surface area contributed by atoms with Crippen LogP contribution in [-0.4, -0.2) is 35.4 Å². The van der Waals surface area contributed by atoms with E-state index in [-0.39, 0.29) is 42.4 Å². The molecular formula is C20H24O5. The molecule has 4 unspecified atom stereocenters. The molecule has 0 bridgehead atoms. The van der Waals surface area contributed by atoms with Crippen molar-refractivity contribution in [2.45, 2.75) is 38.9 Å². The Kier molecular flexibility index (Phi) is 4.45. The number of fused-ring (bicyclic) bond motifs is 2. The Labute approximate surface area is 147 Å². The van der Waals surface area contributed by atoms with Crippen LogP contribution in [-0.2, 0) is 19.1 Å². The number of hydrogen-bond acceptors (Lipinski definition) is 5. The summed E-state index contributed by atoms with van der Waals surface area (Å²) in [6, 6.07) is 0. The van der Waals surface area contributed by atoms with Crippen LogP contribution in [0.2, 0.25) is 0 Å². The molecule has 3 aliphatic rings. The highest BCUT2D eigenvalue weighted by Crippen LogP contribution is 2.48. The summed E-state index contributed by atoms with van der Waals surface area (Å²) >= 11 is 0. The maximum Gasteiger partial charge on any atom is 0.334 e. The van der Waals surface area contributed by atoms with E-state index < -0.39 is 5.60 Å². The van der Waals surface area contributed by atoms with Crippen molar-refractivity contribution >= 4 is 11.9 Å². The summed E-state index contributed by atoms with van der Waals surface area (Å²) < 4.78 is 10.8. The molecule has 0 radical (unpaired) electrons. The molecule has 2 aliphatic heterocycles. The van der Waals surface area contributed by atoms with Gasteiger partial charge < -0.3 is 14.6 Å². The van der Waals surface area contributed by atoms with E-state index in [0.717, 1.165) is 11.1 Å². The van der Waals surface area contributed by atoms with Crippen LogP contribution in [0.3, 0.4) is 0 Å². The lowest BCUT2D eigenvalue weighted by Gasteiger charge is -2.46. The highest BCUT2D eigenvalue weighted by Gasteiger charge is 2.48. The summed E-state index contributed by atoms with van der Waals surface area (Å²) in [7, 11) is 0. The summed E-state index contributed by atoms with van der Waals surface area (Å²) in [6.45, 7) is 9.67. The van der Waals surface area contributed by atoms with Gasteiger partial charge in [-0.15, -0.1) is 0 Å². The third-order valence-electron chi connectivity index (χ3n) is 5.18. The molecule has 1 saturated carbocycles. The van der Waals surface area contributed by atoms with Crippen molar-refractivity contribution in [1.29, 1.82) is 0 Å². The van der Waals surface area contributed by atoms with Crippen LogP contribution in [0.25, 0.3) is 0 Å². The SMILES string of the molecule is C=C1C2COC(=O)C(=CC=CC(C)(C)O)C2CC2C(C)=CC(=O)OC12. The minimum absolute atomic E-state index is 0.0263. The summed E-state index contributed by atoms with van der Waals surface area (Å²) in [5.41, 5.74) is 1.41. The summed E-state index contributed by atoms with van der Waals surface area (Å²) in [6.07, 6.45) is 6.93. The molecule has 2 fully saturated rings. The third-order valence-corrected chi connectivity index (χ3v) is 5.18. The van der Waals surface area contributed by atoms with E-state index in [4.69, 9.17) is 9.47 Å². The first-order chi connectivity index (χ1) is 11.7. The molecule has 3 rings (SSSR count). The molecule has 5 heteroatoms. The van der Waals surface area contributed by atoms with Crippen molar-refractivity contribution < 1.29 is 24.2 Å². The summed E-state index contributed by atoms with van der Waals surface area (Å²) in [5.74, 6) is -0.711. The Balaban J connectivity index is 1.93. The van der Waals surface area contributed by atoms with Gasteiger partial charge in [-0.05, 0) is 32.8 Å². The smallest absolute Gasteiger partial charge is 0.334 e. The second-order valence-electron chi connectivity index (χ2n) is 7.61. The lowest BCUT2D eigenvalue weighted by molar-refractivity contribution is -0.152. The monoisotopic (exact) mass is 344 g/mol. The third kappa shape index (κ3) is 3.47. The Hall–Kier alpha value is -2.14. The van der Waals surface area contributed by atoms with E-state index in [0.29, 0.717) is 12.0 Å². The van der Waals surface area contributed by atoms with E-state index in [1.54, 1.807) is 32.1 Å². The highest BCUT2D eigenvalue weighted by molar-refractivity contribution is 5.90.